The van der Waals surface area contributed by atoms with Crippen LogP contribution in [-0.2, 0) is 20.1 Å². The van der Waals surface area contributed by atoms with Gasteiger partial charge in [-0.05, 0) is 13.8 Å². The molecule has 0 saturated heterocycles. The molecule has 2 rings (SSSR count). The summed E-state index contributed by atoms with van der Waals surface area (Å²) < 4.78 is 3.82. The lowest BCUT2D eigenvalue weighted by Crippen LogP contribution is -2.06. The summed E-state index contributed by atoms with van der Waals surface area (Å²) in [6.45, 7) is 5.89. The molecule has 0 aliphatic rings. The van der Waals surface area contributed by atoms with E-state index in [2.05, 4.69) is 29.4 Å². The van der Waals surface area contributed by atoms with Crippen molar-refractivity contribution in [2.45, 2.75) is 26.9 Å². The van der Waals surface area contributed by atoms with Gasteiger partial charge in [-0.3, -0.25) is 9.36 Å². The summed E-state index contributed by atoms with van der Waals surface area (Å²) in [6, 6.07) is 1.96. The highest BCUT2D eigenvalue weighted by molar-refractivity contribution is 5.35. The summed E-state index contributed by atoms with van der Waals surface area (Å²) in [5.74, 6) is 1.02. The molecule has 0 aliphatic carbocycles. The van der Waals surface area contributed by atoms with Crippen LogP contribution in [-0.4, -0.2) is 19.6 Å². The molecule has 0 atom stereocenters. The standard InChI is InChI=1S/C11H17N5/c1-4-16-9(2)10(8-14-16)7-12-11-5-6-13-15(11)3/h5-6,8,12H,4,7H2,1-3H3. The summed E-state index contributed by atoms with van der Waals surface area (Å²) in [6.07, 6.45) is 3.70. The Morgan fingerprint density at radius 1 is 1.38 bits per heavy atom. The van der Waals surface area contributed by atoms with Crippen molar-refractivity contribution in [1.82, 2.24) is 19.6 Å². The van der Waals surface area contributed by atoms with Gasteiger partial charge in [-0.2, -0.15) is 10.2 Å². The van der Waals surface area contributed by atoms with Crippen LogP contribution in [0.3, 0.4) is 0 Å². The van der Waals surface area contributed by atoms with Gasteiger partial charge >= 0.3 is 0 Å². The minimum Gasteiger partial charge on any atom is -0.366 e. The zero-order valence-electron chi connectivity index (χ0n) is 9.94. The molecule has 0 amide bonds. The molecule has 0 spiro atoms. The molecule has 2 aromatic heterocycles. The molecule has 0 saturated carbocycles. The van der Waals surface area contributed by atoms with Gasteiger partial charge in [0.1, 0.15) is 5.82 Å². The lowest BCUT2D eigenvalue weighted by atomic mass is 10.2. The lowest BCUT2D eigenvalue weighted by molar-refractivity contribution is 0.638. The third kappa shape index (κ3) is 1.93. The Balaban J connectivity index is 2.05. The molecule has 5 nitrogen and oxygen atoms in total. The van der Waals surface area contributed by atoms with Crippen molar-refractivity contribution in [3.63, 3.8) is 0 Å². The largest absolute Gasteiger partial charge is 0.366 e. The number of hydrogen-bond donors (Lipinski definition) is 1. The van der Waals surface area contributed by atoms with Crippen LogP contribution >= 0.6 is 0 Å². The van der Waals surface area contributed by atoms with Crippen LogP contribution in [0, 0.1) is 6.92 Å². The molecule has 5 heteroatoms. The van der Waals surface area contributed by atoms with Gasteiger partial charge in [0.05, 0.1) is 12.4 Å². The van der Waals surface area contributed by atoms with Crippen molar-refractivity contribution in [2.75, 3.05) is 5.32 Å². The van der Waals surface area contributed by atoms with Crippen LogP contribution in [0.2, 0.25) is 0 Å². The van der Waals surface area contributed by atoms with E-state index in [-0.39, 0.29) is 0 Å². The van der Waals surface area contributed by atoms with Crippen molar-refractivity contribution in [3.8, 4) is 0 Å². The van der Waals surface area contributed by atoms with Crippen molar-refractivity contribution < 1.29 is 0 Å². The SMILES string of the molecule is CCn1ncc(CNc2ccnn2C)c1C. The van der Waals surface area contributed by atoms with E-state index in [1.165, 1.54) is 11.3 Å². The number of rotatable bonds is 4. The predicted octanol–water partition coefficient (Wildman–Crippen LogP) is 1.56. The van der Waals surface area contributed by atoms with Crippen LogP contribution in [0.5, 0.6) is 0 Å². The van der Waals surface area contributed by atoms with E-state index < -0.39 is 0 Å². The summed E-state index contributed by atoms with van der Waals surface area (Å²) >= 11 is 0. The molecule has 0 aromatic carbocycles. The Bertz CT molecular complexity index is 468. The molecule has 0 unspecified atom stereocenters. The van der Waals surface area contributed by atoms with E-state index in [1.807, 2.05) is 28.7 Å². The van der Waals surface area contributed by atoms with E-state index in [0.717, 1.165) is 18.9 Å². The Morgan fingerprint density at radius 3 is 2.75 bits per heavy atom. The summed E-state index contributed by atoms with van der Waals surface area (Å²) in [5.41, 5.74) is 2.44. The molecule has 86 valence electrons. The minimum absolute atomic E-state index is 0.783. The zero-order valence-corrected chi connectivity index (χ0v) is 9.94. The molecule has 0 aliphatic heterocycles. The average molecular weight is 219 g/mol. The predicted molar refractivity (Wildman–Crippen MR) is 63.2 cm³/mol. The monoisotopic (exact) mass is 219 g/mol. The zero-order chi connectivity index (χ0) is 11.5. The summed E-state index contributed by atoms with van der Waals surface area (Å²) in [4.78, 5) is 0. The van der Waals surface area contributed by atoms with Crippen LogP contribution in [0.1, 0.15) is 18.2 Å². The molecule has 16 heavy (non-hydrogen) atoms. The fraction of sp³-hybridized carbons (Fsp3) is 0.455. The van der Waals surface area contributed by atoms with E-state index in [1.54, 1.807) is 6.20 Å². The first-order valence-corrected chi connectivity index (χ1v) is 5.45. The Labute approximate surface area is 95.1 Å². The normalized spacial score (nSPS) is 10.7. The summed E-state index contributed by atoms with van der Waals surface area (Å²) in [5, 5.41) is 11.8. The van der Waals surface area contributed by atoms with Gasteiger partial charge in [0.25, 0.3) is 0 Å². The number of nitrogens with zero attached hydrogens (tertiary/aromatic N) is 4. The molecule has 2 heterocycles. The summed E-state index contributed by atoms with van der Waals surface area (Å²) in [7, 11) is 1.92. The highest BCUT2D eigenvalue weighted by Gasteiger charge is 2.05. The topological polar surface area (TPSA) is 47.7 Å². The quantitative estimate of drug-likeness (QED) is 0.848. The maximum absolute atomic E-state index is 4.31. The Hall–Kier alpha value is -1.78. The second-order valence-corrected chi connectivity index (χ2v) is 3.76. The third-order valence-corrected chi connectivity index (χ3v) is 2.79. The van der Waals surface area contributed by atoms with Gasteiger partial charge in [0.15, 0.2) is 0 Å². The second kappa shape index (κ2) is 4.38. The van der Waals surface area contributed by atoms with Gasteiger partial charge in [0.2, 0.25) is 0 Å². The van der Waals surface area contributed by atoms with Crippen molar-refractivity contribution in [3.05, 3.63) is 29.7 Å². The van der Waals surface area contributed by atoms with E-state index in [9.17, 15) is 0 Å². The smallest absolute Gasteiger partial charge is 0.124 e. The first-order chi connectivity index (χ1) is 7.72. The number of hydrogen-bond acceptors (Lipinski definition) is 3. The highest BCUT2D eigenvalue weighted by atomic mass is 15.3. The first kappa shape index (κ1) is 10.7. The molecule has 0 radical (unpaired) electrons. The third-order valence-electron chi connectivity index (χ3n) is 2.79. The first-order valence-electron chi connectivity index (χ1n) is 5.45. The van der Waals surface area contributed by atoms with E-state index >= 15 is 0 Å². The Kier molecular flexibility index (Phi) is 2.94. The minimum atomic E-state index is 0.783. The molecule has 1 N–H and O–H groups in total. The van der Waals surface area contributed by atoms with E-state index in [0.29, 0.717) is 0 Å². The maximum Gasteiger partial charge on any atom is 0.124 e. The van der Waals surface area contributed by atoms with E-state index in [4.69, 9.17) is 0 Å². The number of aryl methyl sites for hydroxylation is 2. The number of aromatic nitrogens is 4. The maximum atomic E-state index is 4.31. The Morgan fingerprint density at radius 2 is 2.19 bits per heavy atom. The van der Waals surface area contributed by atoms with Crippen LogP contribution in [0.25, 0.3) is 0 Å². The lowest BCUT2D eigenvalue weighted by Gasteiger charge is -2.06. The van der Waals surface area contributed by atoms with Gasteiger partial charge < -0.3 is 5.32 Å². The second-order valence-electron chi connectivity index (χ2n) is 3.76. The van der Waals surface area contributed by atoms with Gasteiger partial charge in [-0.25, -0.2) is 0 Å². The molecule has 0 fully saturated rings. The fourth-order valence-electron chi connectivity index (χ4n) is 1.71. The van der Waals surface area contributed by atoms with Crippen LogP contribution < -0.4 is 5.32 Å². The highest BCUT2D eigenvalue weighted by Crippen LogP contribution is 2.10. The average Bonchev–Trinajstić information content (AvgIpc) is 2.83. The molecular weight excluding hydrogens is 202 g/mol. The van der Waals surface area contributed by atoms with Gasteiger partial charge in [-0.1, -0.05) is 0 Å². The number of nitrogens with one attached hydrogen (secondary N) is 1. The van der Waals surface area contributed by atoms with Crippen molar-refractivity contribution in [1.29, 1.82) is 0 Å². The van der Waals surface area contributed by atoms with Gasteiger partial charge in [0, 0.05) is 37.5 Å². The number of anilines is 1. The molecule has 2 aromatic rings. The molecule has 0 bridgehead atoms. The van der Waals surface area contributed by atoms with Crippen molar-refractivity contribution in [2.24, 2.45) is 7.05 Å². The van der Waals surface area contributed by atoms with Crippen molar-refractivity contribution >= 4 is 5.82 Å². The molecular formula is C11H17N5. The van der Waals surface area contributed by atoms with Gasteiger partial charge in [-0.15, -0.1) is 0 Å². The van der Waals surface area contributed by atoms with Crippen LogP contribution in [0.15, 0.2) is 18.5 Å². The van der Waals surface area contributed by atoms with Crippen LogP contribution in [0.4, 0.5) is 5.82 Å². The fourth-order valence-corrected chi connectivity index (χ4v) is 1.71.